The molecule has 0 spiro atoms. The number of rotatable bonds is 2. The van der Waals surface area contributed by atoms with Gasteiger partial charge in [-0.05, 0) is 37.5 Å². The SMILES string of the molecule is Nc1cc(F)ccc1C(=O)N1CCCCC1CO. The number of hydrogen-bond acceptors (Lipinski definition) is 3. The summed E-state index contributed by atoms with van der Waals surface area (Å²) in [4.78, 5) is 13.9. The van der Waals surface area contributed by atoms with E-state index in [-0.39, 0.29) is 24.2 Å². The Bertz CT molecular complexity index is 451. The van der Waals surface area contributed by atoms with E-state index < -0.39 is 5.82 Å². The molecule has 2 rings (SSSR count). The van der Waals surface area contributed by atoms with Gasteiger partial charge in [-0.1, -0.05) is 0 Å². The molecule has 3 N–H and O–H groups in total. The van der Waals surface area contributed by atoms with E-state index in [0.717, 1.165) is 25.3 Å². The number of carbonyl (C=O) groups is 1. The van der Waals surface area contributed by atoms with Crippen molar-refractivity contribution < 1.29 is 14.3 Å². The van der Waals surface area contributed by atoms with Gasteiger partial charge in [0.05, 0.1) is 18.2 Å². The molecule has 1 atom stereocenters. The van der Waals surface area contributed by atoms with Crippen LogP contribution in [0.25, 0.3) is 0 Å². The zero-order valence-electron chi connectivity index (χ0n) is 10.1. The number of benzene rings is 1. The van der Waals surface area contributed by atoms with Crippen LogP contribution in [0.1, 0.15) is 29.6 Å². The average molecular weight is 252 g/mol. The van der Waals surface area contributed by atoms with Crippen molar-refractivity contribution in [1.82, 2.24) is 4.90 Å². The maximum absolute atomic E-state index is 13.0. The minimum absolute atomic E-state index is 0.0488. The van der Waals surface area contributed by atoms with Crippen molar-refractivity contribution in [3.63, 3.8) is 0 Å². The van der Waals surface area contributed by atoms with Gasteiger partial charge in [-0.2, -0.15) is 0 Å². The molecule has 0 aromatic heterocycles. The van der Waals surface area contributed by atoms with Crippen LogP contribution in [0.3, 0.4) is 0 Å². The van der Waals surface area contributed by atoms with Crippen molar-refractivity contribution in [2.45, 2.75) is 25.3 Å². The third-order valence-electron chi connectivity index (χ3n) is 3.34. The summed E-state index contributed by atoms with van der Waals surface area (Å²) in [7, 11) is 0. The van der Waals surface area contributed by atoms with E-state index in [1.165, 1.54) is 12.1 Å². The maximum Gasteiger partial charge on any atom is 0.256 e. The molecule has 98 valence electrons. The molecule has 0 bridgehead atoms. The first kappa shape index (κ1) is 12.8. The van der Waals surface area contributed by atoms with E-state index in [1.54, 1.807) is 4.90 Å². The van der Waals surface area contributed by atoms with E-state index in [4.69, 9.17) is 5.73 Å². The molecule has 1 unspecified atom stereocenters. The fraction of sp³-hybridized carbons (Fsp3) is 0.462. The first-order valence-electron chi connectivity index (χ1n) is 6.10. The fourth-order valence-corrected chi connectivity index (χ4v) is 2.34. The second-order valence-electron chi connectivity index (χ2n) is 4.56. The number of aliphatic hydroxyl groups excluding tert-OH is 1. The molecule has 0 aliphatic carbocycles. The molecule has 1 aromatic carbocycles. The number of carbonyl (C=O) groups excluding carboxylic acids is 1. The lowest BCUT2D eigenvalue weighted by atomic mass is 10.0. The lowest BCUT2D eigenvalue weighted by molar-refractivity contribution is 0.0504. The van der Waals surface area contributed by atoms with Crippen molar-refractivity contribution in [2.24, 2.45) is 0 Å². The van der Waals surface area contributed by atoms with Crippen LogP contribution < -0.4 is 5.73 Å². The van der Waals surface area contributed by atoms with Crippen LogP contribution in [0.5, 0.6) is 0 Å². The third kappa shape index (κ3) is 2.46. The zero-order chi connectivity index (χ0) is 13.1. The quantitative estimate of drug-likeness (QED) is 0.782. The minimum Gasteiger partial charge on any atom is -0.398 e. The summed E-state index contributed by atoms with van der Waals surface area (Å²) in [6, 6.07) is 3.61. The highest BCUT2D eigenvalue weighted by atomic mass is 19.1. The van der Waals surface area contributed by atoms with Crippen molar-refractivity contribution >= 4 is 11.6 Å². The molecule has 0 saturated carbocycles. The van der Waals surface area contributed by atoms with Gasteiger partial charge in [0.15, 0.2) is 0 Å². The Morgan fingerprint density at radius 3 is 2.94 bits per heavy atom. The third-order valence-corrected chi connectivity index (χ3v) is 3.34. The lowest BCUT2D eigenvalue weighted by Gasteiger charge is -2.34. The number of amides is 1. The Kier molecular flexibility index (Phi) is 3.81. The number of halogens is 1. The van der Waals surface area contributed by atoms with Crippen molar-refractivity contribution in [3.05, 3.63) is 29.6 Å². The predicted octanol–water partition coefficient (Wildman–Crippen LogP) is 1.39. The fourth-order valence-electron chi connectivity index (χ4n) is 2.34. The highest BCUT2D eigenvalue weighted by Gasteiger charge is 2.27. The van der Waals surface area contributed by atoms with Crippen molar-refractivity contribution in [3.8, 4) is 0 Å². The Hall–Kier alpha value is -1.62. The number of piperidine rings is 1. The number of nitrogens with two attached hydrogens (primary N) is 1. The van der Waals surface area contributed by atoms with Gasteiger partial charge in [0.1, 0.15) is 5.82 Å². The number of nitrogen functional groups attached to an aromatic ring is 1. The van der Waals surface area contributed by atoms with E-state index in [1.807, 2.05) is 0 Å². The monoisotopic (exact) mass is 252 g/mol. The molecule has 18 heavy (non-hydrogen) atoms. The molecule has 5 heteroatoms. The summed E-state index contributed by atoms with van der Waals surface area (Å²) >= 11 is 0. The highest BCUT2D eigenvalue weighted by Crippen LogP contribution is 2.22. The van der Waals surface area contributed by atoms with Gasteiger partial charge < -0.3 is 15.7 Å². The Labute approximate surface area is 105 Å². The van der Waals surface area contributed by atoms with E-state index in [9.17, 15) is 14.3 Å². The lowest BCUT2D eigenvalue weighted by Crippen LogP contribution is -2.45. The van der Waals surface area contributed by atoms with Gasteiger partial charge in [0.25, 0.3) is 5.91 Å². The molecule has 1 heterocycles. The molecule has 1 amide bonds. The normalized spacial score (nSPS) is 19.9. The number of anilines is 1. The summed E-state index contributed by atoms with van der Waals surface area (Å²) in [5, 5.41) is 9.29. The molecular formula is C13H17FN2O2. The van der Waals surface area contributed by atoms with Gasteiger partial charge in [0, 0.05) is 12.2 Å². The first-order valence-corrected chi connectivity index (χ1v) is 6.10. The predicted molar refractivity (Wildman–Crippen MR) is 66.6 cm³/mol. The van der Waals surface area contributed by atoms with Gasteiger partial charge >= 0.3 is 0 Å². The Morgan fingerprint density at radius 2 is 2.28 bits per heavy atom. The van der Waals surface area contributed by atoms with Crippen molar-refractivity contribution in [1.29, 1.82) is 0 Å². The Balaban J connectivity index is 2.24. The van der Waals surface area contributed by atoms with E-state index in [0.29, 0.717) is 12.1 Å². The number of likely N-dealkylation sites (tertiary alicyclic amines) is 1. The number of nitrogens with zero attached hydrogens (tertiary/aromatic N) is 1. The summed E-state index contributed by atoms with van der Waals surface area (Å²) in [5.41, 5.74) is 6.11. The summed E-state index contributed by atoms with van der Waals surface area (Å²) in [6.45, 7) is 0.563. The highest BCUT2D eigenvalue weighted by molar-refractivity contribution is 5.99. The summed E-state index contributed by atoms with van der Waals surface area (Å²) < 4.78 is 13.0. The van der Waals surface area contributed by atoms with Crippen LogP contribution in [0, 0.1) is 5.82 Å². The maximum atomic E-state index is 13.0. The van der Waals surface area contributed by atoms with E-state index in [2.05, 4.69) is 0 Å². The van der Waals surface area contributed by atoms with Gasteiger partial charge in [-0.15, -0.1) is 0 Å². The molecule has 4 nitrogen and oxygen atoms in total. The smallest absolute Gasteiger partial charge is 0.256 e. The summed E-state index contributed by atoms with van der Waals surface area (Å²) in [5.74, 6) is -0.687. The van der Waals surface area contributed by atoms with Gasteiger partial charge in [-0.3, -0.25) is 4.79 Å². The molecule has 1 fully saturated rings. The standard InChI is InChI=1S/C13H17FN2O2/c14-9-4-5-11(12(15)7-9)13(18)16-6-2-1-3-10(16)8-17/h4-5,7,10,17H,1-3,6,8,15H2. The van der Waals surface area contributed by atoms with Crippen molar-refractivity contribution in [2.75, 3.05) is 18.9 Å². The largest absolute Gasteiger partial charge is 0.398 e. The molecular weight excluding hydrogens is 235 g/mol. The minimum atomic E-state index is -0.457. The van der Waals surface area contributed by atoms with Crippen LogP contribution in [-0.4, -0.2) is 35.1 Å². The van der Waals surface area contributed by atoms with Gasteiger partial charge in [0.2, 0.25) is 0 Å². The first-order chi connectivity index (χ1) is 8.63. The molecule has 0 radical (unpaired) electrons. The Morgan fingerprint density at radius 1 is 1.50 bits per heavy atom. The van der Waals surface area contributed by atoms with Crippen LogP contribution in [0.2, 0.25) is 0 Å². The van der Waals surface area contributed by atoms with Crippen LogP contribution in [0.4, 0.5) is 10.1 Å². The van der Waals surface area contributed by atoms with Gasteiger partial charge in [-0.25, -0.2) is 4.39 Å². The molecule has 1 saturated heterocycles. The topological polar surface area (TPSA) is 66.6 Å². The number of aliphatic hydroxyl groups is 1. The molecule has 1 aliphatic rings. The number of hydrogen-bond donors (Lipinski definition) is 2. The van der Waals surface area contributed by atoms with E-state index >= 15 is 0 Å². The zero-order valence-corrected chi connectivity index (χ0v) is 10.1. The second kappa shape index (κ2) is 5.35. The van der Waals surface area contributed by atoms with Crippen LogP contribution in [0.15, 0.2) is 18.2 Å². The summed E-state index contributed by atoms with van der Waals surface area (Å²) in [6.07, 6.45) is 2.72. The average Bonchev–Trinajstić information content (AvgIpc) is 2.38. The molecule has 1 aliphatic heterocycles. The molecule has 1 aromatic rings. The second-order valence-corrected chi connectivity index (χ2v) is 4.56. The van der Waals surface area contributed by atoms with Crippen LogP contribution in [-0.2, 0) is 0 Å². The van der Waals surface area contributed by atoms with Crippen LogP contribution >= 0.6 is 0 Å².